The number of carbonyl (C=O) groups is 2. The van der Waals surface area contributed by atoms with E-state index in [4.69, 9.17) is 4.74 Å². The molecular weight excluding hydrogens is 292 g/mol. The molecule has 1 amide bonds. The molecule has 2 heterocycles. The molecule has 7 heteroatoms. The Labute approximate surface area is 126 Å². The Bertz CT molecular complexity index is 559. The van der Waals surface area contributed by atoms with Gasteiger partial charge in [0.2, 0.25) is 0 Å². The summed E-state index contributed by atoms with van der Waals surface area (Å²) >= 11 is 1.36. The number of carboxylic acids is 1. The first-order valence-corrected chi connectivity index (χ1v) is 7.97. The lowest BCUT2D eigenvalue weighted by molar-refractivity contribution is -0.142. The number of carbonyl (C=O) groups excluding carboxylic acids is 1. The molecule has 3 rings (SSSR count). The van der Waals surface area contributed by atoms with E-state index >= 15 is 0 Å². The van der Waals surface area contributed by atoms with Crippen LogP contribution in [-0.4, -0.2) is 46.6 Å². The first kappa shape index (κ1) is 14.5. The highest BCUT2D eigenvalue weighted by atomic mass is 32.1. The maximum Gasteiger partial charge on any atom is 0.326 e. The van der Waals surface area contributed by atoms with Crippen molar-refractivity contribution in [3.8, 4) is 0 Å². The van der Waals surface area contributed by atoms with Crippen LogP contribution in [0.4, 0.5) is 0 Å². The van der Waals surface area contributed by atoms with Crippen LogP contribution in [0, 0.1) is 11.8 Å². The molecule has 3 atom stereocenters. The van der Waals surface area contributed by atoms with Crippen LogP contribution < -0.4 is 0 Å². The number of fused-ring (bicyclic) bond motifs is 1. The van der Waals surface area contributed by atoms with Gasteiger partial charge in [-0.1, -0.05) is 6.42 Å². The van der Waals surface area contributed by atoms with E-state index in [9.17, 15) is 14.7 Å². The van der Waals surface area contributed by atoms with Crippen molar-refractivity contribution in [2.24, 2.45) is 11.8 Å². The third-order valence-electron chi connectivity index (χ3n) is 4.44. The Balaban J connectivity index is 1.81. The average molecular weight is 310 g/mol. The molecule has 1 aromatic rings. The summed E-state index contributed by atoms with van der Waals surface area (Å²) in [6.45, 7) is 0.906. The van der Waals surface area contributed by atoms with Gasteiger partial charge in [0.05, 0.1) is 6.61 Å². The van der Waals surface area contributed by atoms with E-state index in [1.165, 1.54) is 16.2 Å². The summed E-state index contributed by atoms with van der Waals surface area (Å²) in [5.41, 5.74) is 0.332. The summed E-state index contributed by atoms with van der Waals surface area (Å²) in [5, 5.41) is 11.9. The molecule has 2 fully saturated rings. The van der Waals surface area contributed by atoms with Crippen molar-refractivity contribution >= 4 is 23.2 Å². The minimum Gasteiger partial charge on any atom is -0.480 e. The Kier molecular flexibility index (Phi) is 3.95. The Hall–Kier alpha value is -1.47. The van der Waals surface area contributed by atoms with E-state index in [-0.39, 0.29) is 11.8 Å². The largest absolute Gasteiger partial charge is 0.480 e. The highest BCUT2D eigenvalue weighted by molar-refractivity contribution is 7.09. The molecule has 0 spiro atoms. The monoisotopic (exact) mass is 310 g/mol. The topological polar surface area (TPSA) is 79.7 Å². The second-order valence-electron chi connectivity index (χ2n) is 5.65. The molecule has 2 aliphatic rings. The number of likely N-dealkylation sites (tertiary alicyclic amines) is 1. The minimum atomic E-state index is -0.898. The smallest absolute Gasteiger partial charge is 0.326 e. The van der Waals surface area contributed by atoms with Crippen LogP contribution in [0.25, 0.3) is 0 Å². The molecule has 6 nitrogen and oxygen atoms in total. The third kappa shape index (κ3) is 2.55. The standard InChI is InChI=1S/C14H18N2O4S/c1-20-6-11-15-10(7-21-11)13(17)16-5-8-3-2-4-9(8)12(16)14(18)19/h7-9,12H,2-6H2,1H3,(H,18,19). The summed E-state index contributed by atoms with van der Waals surface area (Å²) in [4.78, 5) is 29.9. The summed E-state index contributed by atoms with van der Waals surface area (Å²) in [6.07, 6.45) is 2.98. The maximum atomic E-state index is 12.6. The van der Waals surface area contributed by atoms with E-state index in [1.54, 1.807) is 12.5 Å². The number of carboxylic acid groups (broad SMARTS) is 1. The SMILES string of the molecule is COCc1nc(C(=O)N2CC3CCCC3C2C(=O)O)cs1. The molecular formula is C14H18N2O4S. The second-order valence-corrected chi connectivity index (χ2v) is 6.60. The third-order valence-corrected chi connectivity index (χ3v) is 5.27. The Morgan fingerprint density at radius 1 is 1.52 bits per heavy atom. The number of amides is 1. The van der Waals surface area contributed by atoms with Crippen molar-refractivity contribution < 1.29 is 19.4 Å². The number of hydrogen-bond acceptors (Lipinski definition) is 5. The number of rotatable bonds is 4. The number of ether oxygens (including phenoxy) is 1. The molecule has 1 N–H and O–H groups in total. The van der Waals surface area contributed by atoms with Gasteiger partial charge in [-0.3, -0.25) is 4.79 Å². The van der Waals surface area contributed by atoms with Crippen LogP contribution in [-0.2, 0) is 16.1 Å². The van der Waals surface area contributed by atoms with Crippen molar-refractivity contribution in [3.05, 3.63) is 16.1 Å². The van der Waals surface area contributed by atoms with Gasteiger partial charge in [0.1, 0.15) is 16.7 Å². The van der Waals surface area contributed by atoms with Crippen LogP contribution >= 0.6 is 11.3 Å². The van der Waals surface area contributed by atoms with Crippen LogP contribution in [0.3, 0.4) is 0 Å². The van der Waals surface area contributed by atoms with Gasteiger partial charge in [0.25, 0.3) is 5.91 Å². The number of aliphatic carboxylic acids is 1. The zero-order valence-corrected chi connectivity index (χ0v) is 12.6. The molecule has 114 valence electrons. The zero-order valence-electron chi connectivity index (χ0n) is 11.8. The number of methoxy groups -OCH3 is 1. The summed E-state index contributed by atoms with van der Waals surface area (Å²) in [7, 11) is 1.57. The van der Waals surface area contributed by atoms with Gasteiger partial charge < -0.3 is 14.7 Å². The predicted octanol–water partition coefficient (Wildman–Crippen LogP) is 1.61. The average Bonchev–Trinajstić information content (AvgIpc) is 3.11. The molecule has 1 aromatic heterocycles. The normalized spacial score (nSPS) is 27.9. The fraction of sp³-hybridized carbons (Fsp3) is 0.643. The fourth-order valence-corrected chi connectivity index (χ4v) is 4.32. The molecule has 1 saturated carbocycles. The van der Waals surface area contributed by atoms with Crippen LogP contribution in [0.1, 0.15) is 34.8 Å². The fourth-order valence-electron chi connectivity index (χ4n) is 3.58. The first-order valence-electron chi connectivity index (χ1n) is 7.09. The number of hydrogen-bond donors (Lipinski definition) is 1. The van der Waals surface area contributed by atoms with E-state index in [1.807, 2.05) is 0 Å². The summed E-state index contributed by atoms with van der Waals surface area (Å²) < 4.78 is 5.00. The predicted molar refractivity (Wildman–Crippen MR) is 76.1 cm³/mol. The van der Waals surface area contributed by atoms with Crippen LogP contribution in [0.2, 0.25) is 0 Å². The van der Waals surface area contributed by atoms with Gasteiger partial charge in [0.15, 0.2) is 0 Å². The van der Waals surface area contributed by atoms with Gasteiger partial charge in [-0.05, 0) is 24.7 Å². The summed E-state index contributed by atoms with van der Waals surface area (Å²) in [5.74, 6) is -0.740. The van der Waals surface area contributed by atoms with Gasteiger partial charge in [-0.15, -0.1) is 11.3 Å². The van der Waals surface area contributed by atoms with Crippen molar-refractivity contribution in [2.45, 2.75) is 31.9 Å². The second kappa shape index (κ2) is 5.73. The van der Waals surface area contributed by atoms with Gasteiger partial charge in [-0.2, -0.15) is 0 Å². The van der Waals surface area contributed by atoms with Crippen molar-refractivity contribution in [3.63, 3.8) is 0 Å². The molecule has 0 aromatic carbocycles. The summed E-state index contributed by atoms with van der Waals surface area (Å²) in [6, 6.07) is -0.697. The first-order chi connectivity index (χ1) is 10.1. The van der Waals surface area contributed by atoms with Crippen molar-refractivity contribution in [2.75, 3.05) is 13.7 Å². The molecule has 1 aliphatic heterocycles. The molecule has 0 bridgehead atoms. The lowest BCUT2D eigenvalue weighted by atomic mass is 9.94. The zero-order chi connectivity index (χ0) is 15.0. The maximum absolute atomic E-state index is 12.6. The lowest BCUT2D eigenvalue weighted by Crippen LogP contribution is -2.43. The molecule has 0 radical (unpaired) electrons. The Morgan fingerprint density at radius 3 is 3.05 bits per heavy atom. The number of nitrogens with zero attached hydrogens (tertiary/aromatic N) is 2. The van der Waals surface area contributed by atoms with Gasteiger partial charge >= 0.3 is 5.97 Å². The van der Waals surface area contributed by atoms with E-state index in [2.05, 4.69) is 4.98 Å². The minimum absolute atomic E-state index is 0.100. The van der Waals surface area contributed by atoms with E-state index in [0.29, 0.717) is 24.8 Å². The van der Waals surface area contributed by atoms with Crippen molar-refractivity contribution in [1.29, 1.82) is 0 Å². The number of aromatic nitrogens is 1. The lowest BCUT2D eigenvalue weighted by Gasteiger charge is -2.23. The van der Waals surface area contributed by atoms with E-state index in [0.717, 1.165) is 24.3 Å². The quantitative estimate of drug-likeness (QED) is 0.914. The molecule has 1 aliphatic carbocycles. The highest BCUT2D eigenvalue weighted by Gasteiger charge is 2.49. The molecule has 1 saturated heterocycles. The van der Waals surface area contributed by atoms with Crippen LogP contribution in [0.15, 0.2) is 5.38 Å². The van der Waals surface area contributed by atoms with Crippen LogP contribution in [0.5, 0.6) is 0 Å². The highest BCUT2D eigenvalue weighted by Crippen LogP contribution is 2.42. The van der Waals surface area contributed by atoms with Crippen molar-refractivity contribution in [1.82, 2.24) is 9.88 Å². The molecule has 3 unspecified atom stereocenters. The van der Waals surface area contributed by atoms with E-state index < -0.39 is 12.0 Å². The molecule has 21 heavy (non-hydrogen) atoms. The van der Waals surface area contributed by atoms with Gasteiger partial charge in [0, 0.05) is 19.0 Å². The number of thiazole rings is 1. The van der Waals surface area contributed by atoms with Gasteiger partial charge in [-0.25, -0.2) is 9.78 Å². The Morgan fingerprint density at radius 2 is 2.33 bits per heavy atom.